The topological polar surface area (TPSA) is 98.3 Å². The van der Waals surface area contributed by atoms with E-state index in [-0.39, 0.29) is 11.6 Å². The van der Waals surface area contributed by atoms with Gasteiger partial charge >= 0.3 is 5.97 Å². The van der Waals surface area contributed by atoms with Crippen molar-refractivity contribution in [2.45, 2.75) is 40.2 Å². The monoisotopic (exact) mass is 493 g/mol. The normalized spacial score (nSPS) is 11.3. The molecular weight excluding hydrogens is 466 g/mol. The van der Waals surface area contributed by atoms with Crippen molar-refractivity contribution in [2.24, 2.45) is 0 Å². The summed E-state index contributed by atoms with van der Waals surface area (Å²) in [4.78, 5) is 19.8. The van der Waals surface area contributed by atoms with Crippen LogP contribution >= 0.6 is 0 Å². The number of nitrogens with zero attached hydrogens (tertiary/aromatic N) is 3. The highest BCUT2D eigenvalue weighted by Gasteiger charge is 2.23. The number of carbonyl (C=O) groups is 1. The van der Waals surface area contributed by atoms with Crippen molar-refractivity contribution in [2.75, 3.05) is 0 Å². The SMILES string of the molecule is Cc1ccnc(C)c1-c1noc(C(C)C)c1COc1ccc(-c2ccc3nc(C(=O)O)ccc3c2)cc1. The van der Waals surface area contributed by atoms with Gasteiger partial charge in [0.25, 0.3) is 0 Å². The van der Waals surface area contributed by atoms with Crippen LogP contribution in [-0.2, 0) is 6.61 Å². The number of rotatable bonds is 7. The number of ether oxygens (including phenoxy) is 1. The Kier molecular flexibility index (Phi) is 6.44. The van der Waals surface area contributed by atoms with E-state index in [0.29, 0.717) is 12.1 Å². The molecule has 0 bridgehead atoms. The molecule has 0 aliphatic rings. The number of fused-ring (bicyclic) bond motifs is 1. The van der Waals surface area contributed by atoms with Crippen molar-refractivity contribution >= 4 is 16.9 Å². The van der Waals surface area contributed by atoms with E-state index in [9.17, 15) is 4.79 Å². The second-order valence-electron chi connectivity index (χ2n) is 9.34. The molecule has 3 heterocycles. The summed E-state index contributed by atoms with van der Waals surface area (Å²) < 4.78 is 11.9. The van der Waals surface area contributed by atoms with Crippen molar-refractivity contribution in [1.29, 1.82) is 0 Å². The first kappa shape index (κ1) is 24.2. The Hall–Kier alpha value is -4.52. The Morgan fingerprint density at radius 2 is 1.76 bits per heavy atom. The Morgan fingerprint density at radius 3 is 2.46 bits per heavy atom. The third-order valence-corrected chi connectivity index (χ3v) is 6.41. The van der Waals surface area contributed by atoms with Crippen LogP contribution in [0.25, 0.3) is 33.3 Å². The van der Waals surface area contributed by atoms with E-state index >= 15 is 0 Å². The van der Waals surface area contributed by atoms with Crippen molar-refractivity contribution in [3.8, 4) is 28.1 Å². The summed E-state index contributed by atoms with van der Waals surface area (Å²) in [6.45, 7) is 8.50. The molecule has 5 aromatic rings. The Balaban J connectivity index is 1.38. The summed E-state index contributed by atoms with van der Waals surface area (Å²) in [7, 11) is 0. The van der Waals surface area contributed by atoms with Crippen molar-refractivity contribution in [3.05, 3.63) is 95.1 Å². The van der Waals surface area contributed by atoms with Gasteiger partial charge in [-0.15, -0.1) is 0 Å². The first-order valence-corrected chi connectivity index (χ1v) is 12.1. The fourth-order valence-electron chi connectivity index (χ4n) is 4.49. The molecule has 7 heteroatoms. The third kappa shape index (κ3) is 4.80. The fraction of sp³-hybridized carbons (Fsp3) is 0.200. The van der Waals surface area contributed by atoms with Crippen LogP contribution in [0.3, 0.4) is 0 Å². The van der Waals surface area contributed by atoms with Crippen LogP contribution in [0.5, 0.6) is 5.75 Å². The molecule has 0 unspecified atom stereocenters. The van der Waals surface area contributed by atoms with E-state index in [4.69, 9.17) is 14.4 Å². The molecule has 0 aliphatic carbocycles. The van der Waals surface area contributed by atoms with Crippen LogP contribution in [0.1, 0.15) is 52.8 Å². The zero-order valence-electron chi connectivity index (χ0n) is 21.1. The molecule has 0 fully saturated rings. The average molecular weight is 494 g/mol. The minimum atomic E-state index is -1.04. The first-order chi connectivity index (χ1) is 17.8. The maximum atomic E-state index is 11.2. The number of hydrogen-bond donors (Lipinski definition) is 1. The van der Waals surface area contributed by atoms with Crippen LogP contribution in [0, 0.1) is 13.8 Å². The molecule has 37 heavy (non-hydrogen) atoms. The molecule has 7 nitrogen and oxygen atoms in total. The number of pyridine rings is 2. The summed E-state index contributed by atoms with van der Waals surface area (Å²) in [6.07, 6.45) is 1.80. The maximum absolute atomic E-state index is 11.2. The molecule has 186 valence electrons. The lowest BCUT2D eigenvalue weighted by atomic mass is 9.98. The first-order valence-electron chi connectivity index (χ1n) is 12.1. The molecule has 2 aromatic carbocycles. The summed E-state index contributed by atoms with van der Waals surface area (Å²) >= 11 is 0. The van der Waals surface area contributed by atoms with E-state index in [1.54, 1.807) is 12.3 Å². The maximum Gasteiger partial charge on any atom is 0.354 e. The fourth-order valence-corrected chi connectivity index (χ4v) is 4.49. The second kappa shape index (κ2) is 9.85. The Morgan fingerprint density at radius 1 is 1.00 bits per heavy atom. The number of aromatic nitrogens is 3. The molecule has 0 atom stereocenters. The zero-order valence-corrected chi connectivity index (χ0v) is 21.1. The molecule has 0 saturated heterocycles. The highest BCUT2D eigenvalue weighted by Crippen LogP contribution is 2.34. The lowest BCUT2D eigenvalue weighted by molar-refractivity contribution is 0.0691. The summed E-state index contributed by atoms with van der Waals surface area (Å²) in [6, 6.07) is 18.9. The van der Waals surface area contributed by atoms with Gasteiger partial charge in [-0.1, -0.05) is 43.3 Å². The standard InChI is InChI=1S/C30H27N3O4/c1-17(2)29-24(28(33-37-29)27-18(3)13-14-31-19(27)4)16-36-23-9-5-20(6-10-23)21-7-11-25-22(15-21)8-12-26(32-25)30(34)35/h5-15,17H,16H2,1-4H3,(H,34,35). The van der Waals surface area contributed by atoms with E-state index in [1.165, 1.54) is 6.07 Å². The molecule has 0 spiro atoms. The second-order valence-corrected chi connectivity index (χ2v) is 9.34. The van der Waals surface area contributed by atoms with Gasteiger partial charge in [0.05, 0.1) is 11.1 Å². The van der Waals surface area contributed by atoms with Gasteiger partial charge in [0, 0.05) is 28.8 Å². The van der Waals surface area contributed by atoms with Crippen LogP contribution in [-0.4, -0.2) is 26.2 Å². The average Bonchev–Trinajstić information content (AvgIpc) is 3.31. The number of aryl methyl sites for hydroxylation is 2. The molecule has 3 aromatic heterocycles. The van der Waals surface area contributed by atoms with E-state index in [0.717, 1.165) is 56.1 Å². The van der Waals surface area contributed by atoms with E-state index in [2.05, 4.69) is 29.0 Å². The quantitative estimate of drug-likeness (QED) is 0.261. The van der Waals surface area contributed by atoms with Gasteiger partial charge < -0.3 is 14.4 Å². The van der Waals surface area contributed by atoms with Crippen LogP contribution < -0.4 is 4.74 Å². The Labute approximate surface area is 214 Å². The highest BCUT2D eigenvalue weighted by molar-refractivity contribution is 5.91. The summed E-state index contributed by atoms with van der Waals surface area (Å²) in [5, 5.41) is 14.4. The minimum absolute atomic E-state index is 0.0344. The summed E-state index contributed by atoms with van der Waals surface area (Å²) in [5.74, 6) is 0.670. The third-order valence-electron chi connectivity index (χ3n) is 6.41. The largest absolute Gasteiger partial charge is 0.489 e. The van der Waals surface area contributed by atoms with Gasteiger partial charge in [-0.3, -0.25) is 4.98 Å². The number of aromatic carboxylic acids is 1. The van der Waals surface area contributed by atoms with Crippen molar-refractivity contribution in [3.63, 3.8) is 0 Å². The van der Waals surface area contributed by atoms with Crippen LogP contribution in [0.2, 0.25) is 0 Å². The van der Waals surface area contributed by atoms with Crippen LogP contribution in [0.4, 0.5) is 0 Å². The molecule has 0 saturated carbocycles. The molecule has 0 amide bonds. The molecule has 1 N–H and O–H groups in total. The van der Waals surface area contributed by atoms with Gasteiger partial charge in [-0.2, -0.15) is 0 Å². The smallest absolute Gasteiger partial charge is 0.354 e. The van der Waals surface area contributed by atoms with Crippen molar-refractivity contribution < 1.29 is 19.2 Å². The van der Waals surface area contributed by atoms with E-state index < -0.39 is 5.97 Å². The predicted octanol–water partition coefficient (Wildman–Crippen LogP) is 6.97. The number of carboxylic acid groups (broad SMARTS) is 1. The molecule has 0 aliphatic heterocycles. The van der Waals surface area contributed by atoms with Gasteiger partial charge in [0.15, 0.2) is 0 Å². The molecule has 5 rings (SSSR count). The molecular formula is C30H27N3O4. The van der Waals surface area contributed by atoms with Gasteiger partial charge in [-0.25, -0.2) is 9.78 Å². The van der Waals surface area contributed by atoms with Gasteiger partial charge in [0.1, 0.15) is 29.5 Å². The molecule has 0 radical (unpaired) electrons. The Bertz CT molecular complexity index is 1580. The highest BCUT2D eigenvalue weighted by atomic mass is 16.5. The number of hydrogen-bond acceptors (Lipinski definition) is 6. The minimum Gasteiger partial charge on any atom is -0.489 e. The van der Waals surface area contributed by atoms with Gasteiger partial charge in [-0.05, 0) is 66.9 Å². The van der Waals surface area contributed by atoms with Gasteiger partial charge in [0.2, 0.25) is 0 Å². The van der Waals surface area contributed by atoms with Crippen LogP contribution in [0.15, 0.2) is 71.4 Å². The zero-order chi connectivity index (χ0) is 26.1. The van der Waals surface area contributed by atoms with E-state index in [1.807, 2.05) is 62.4 Å². The number of benzene rings is 2. The van der Waals surface area contributed by atoms with Crippen molar-refractivity contribution in [1.82, 2.24) is 15.1 Å². The predicted molar refractivity (Wildman–Crippen MR) is 142 cm³/mol. The lowest BCUT2D eigenvalue weighted by Crippen LogP contribution is -2.02. The summed E-state index contributed by atoms with van der Waals surface area (Å²) in [5.41, 5.74) is 7.39. The lowest BCUT2D eigenvalue weighted by Gasteiger charge is -2.12. The number of carboxylic acids is 1.